The minimum Gasteiger partial charge on any atom is -0.469 e. The van der Waals surface area contributed by atoms with Crippen molar-refractivity contribution in [2.75, 3.05) is 20.3 Å². The number of benzene rings is 1. The lowest BCUT2D eigenvalue weighted by Gasteiger charge is -2.15. The number of hydrogen-bond donors (Lipinski definition) is 3. The van der Waals surface area contributed by atoms with Crippen LogP contribution >= 0.6 is 0 Å². The van der Waals surface area contributed by atoms with Crippen LogP contribution in [0.25, 0.3) is 0 Å². The molecule has 1 aromatic rings. The Morgan fingerprint density at radius 2 is 2.03 bits per heavy atom. The highest BCUT2D eigenvalue weighted by Gasteiger charge is 2.27. The van der Waals surface area contributed by atoms with Gasteiger partial charge in [-0.25, -0.2) is 0 Å². The van der Waals surface area contributed by atoms with E-state index in [0.29, 0.717) is 24.3 Å². The normalized spacial score (nSPS) is 15.8. The van der Waals surface area contributed by atoms with Crippen molar-refractivity contribution >= 4 is 29.4 Å². The molecule has 1 aromatic carbocycles. The summed E-state index contributed by atoms with van der Waals surface area (Å²) in [6.45, 7) is 2.24. The lowest BCUT2D eigenvalue weighted by Crippen LogP contribution is -2.36. The van der Waals surface area contributed by atoms with Gasteiger partial charge in [0.2, 0.25) is 5.91 Å². The van der Waals surface area contributed by atoms with Crippen molar-refractivity contribution < 1.29 is 28.7 Å². The van der Waals surface area contributed by atoms with Crippen LogP contribution in [0, 0.1) is 11.3 Å². The van der Waals surface area contributed by atoms with E-state index in [1.807, 2.05) is 6.92 Å². The maximum atomic E-state index is 12.3. The van der Waals surface area contributed by atoms with Gasteiger partial charge in [0.05, 0.1) is 38.2 Å². The second-order valence-corrected chi connectivity index (χ2v) is 7.47. The number of ether oxygens (including phenoxy) is 2. The molecule has 4 N–H and O–H groups in total. The third-order valence-corrected chi connectivity index (χ3v) is 4.93. The molecule has 10 heteroatoms. The molecule has 1 heterocycles. The molecular formula is C22H30N4O6. The number of methoxy groups -OCH3 is 1. The van der Waals surface area contributed by atoms with Crippen LogP contribution in [0.4, 0.5) is 0 Å². The number of carbonyl (C=O) groups excluding carboxylic acids is 3. The fourth-order valence-corrected chi connectivity index (χ4v) is 3.06. The fraction of sp³-hybridized carbons (Fsp3) is 0.500. The number of amides is 1. The highest BCUT2D eigenvalue weighted by atomic mass is 16.6. The van der Waals surface area contributed by atoms with Crippen LogP contribution in [0.15, 0.2) is 29.4 Å². The molecule has 2 unspecified atom stereocenters. The zero-order chi connectivity index (χ0) is 23.5. The number of rotatable bonds is 12. The minimum atomic E-state index is -0.825. The molecule has 1 amide bonds. The summed E-state index contributed by atoms with van der Waals surface area (Å²) in [6.07, 6.45) is 1.53. The van der Waals surface area contributed by atoms with E-state index in [1.165, 1.54) is 7.11 Å². The molecule has 0 aromatic heterocycles. The summed E-state index contributed by atoms with van der Waals surface area (Å²) in [7, 11) is 1.23. The fourth-order valence-electron chi connectivity index (χ4n) is 3.06. The number of hydrogen-bond acceptors (Lipinski definition) is 8. The van der Waals surface area contributed by atoms with E-state index >= 15 is 0 Å². The highest BCUT2D eigenvalue weighted by Crippen LogP contribution is 2.19. The Bertz CT molecular complexity index is 852. The zero-order valence-electron chi connectivity index (χ0n) is 18.4. The van der Waals surface area contributed by atoms with Crippen molar-refractivity contribution in [1.82, 2.24) is 5.32 Å². The SMILES string of the molecule is CCCCOC(=O)CC(CNC(=O)CC1CC(c2ccc(C(=N)N)cc2)=NO1)C(=O)OC. The number of carbonyl (C=O) groups is 3. The Kier molecular flexibility index (Phi) is 9.65. The zero-order valence-corrected chi connectivity index (χ0v) is 18.4. The van der Waals surface area contributed by atoms with Gasteiger partial charge < -0.3 is 25.4 Å². The summed E-state index contributed by atoms with van der Waals surface area (Å²) in [6, 6.07) is 7.03. The molecule has 1 aliphatic heterocycles. The van der Waals surface area contributed by atoms with E-state index in [0.717, 1.165) is 18.4 Å². The maximum absolute atomic E-state index is 12.3. The van der Waals surface area contributed by atoms with Crippen LogP contribution in [0.3, 0.4) is 0 Å². The molecule has 0 aliphatic carbocycles. The van der Waals surface area contributed by atoms with Gasteiger partial charge in [-0.15, -0.1) is 0 Å². The maximum Gasteiger partial charge on any atom is 0.311 e. The standard InChI is InChI=1S/C22H30N4O6/c1-3-4-9-31-20(28)10-16(22(29)30-2)13-25-19(27)12-17-11-18(26-32-17)14-5-7-15(8-6-14)21(23)24/h5-8,16-17H,3-4,9-13H2,1-2H3,(H3,23,24)(H,25,27). The van der Waals surface area contributed by atoms with Gasteiger partial charge in [-0.05, 0) is 12.0 Å². The summed E-state index contributed by atoms with van der Waals surface area (Å²) in [5.74, 6) is -2.26. The molecule has 10 nitrogen and oxygen atoms in total. The summed E-state index contributed by atoms with van der Waals surface area (Å²) >= 11 is 0. The molecule has 1 aliphatic rings. The third-order valence-electron chi connectivity index (χ3n) is 4.93. The van der Waals surface area contributed by atoms with Crippen LogP contribution in [-0.2, 0) is 28.7 Å². The van der Waals surface area contributed by atoms with Crippen molar-refractivity contribution in [2.45, 2.75) is 45.1 Å². The van der Waals surface area contributed by atoms with E-state index in [4.69, 9.17) is 25.5 Å². The number of esters is 2. The van der Waals surface area contributed by atoms with Gasteiger partial charge in [-0.2, -0.15) is 0 Å². The van der Waals surface area contributed by atoms with Gasteiger partial charge in [-0.3, -0.25) is 19.8 Å². The number of oxime groups is 1. The van der Waals surface area contributed by atoms with E-state index in [2.05, 4.69) is 10.5 Å². The van der Waals surface area contributed by atoms with E-state index in [-0.39, 0.29) is 31.1 Å². The highest BCUT2D eigenvalue weighted by molar-refractivity contribution is 6.02. The predicted octanol–water partition coefficient (Wildman–Crippen LogP) is 1.49. The second kappa shape index (κ2) is 12.4. The van der Waals surface area contributed by atoms with Gasteiger partial charge in [0.1, 0.15) is 11.9 Å². The van der Waals surface area contributed by atoms with Gasteiger partial charge >= 0.3 is 11.9 Å². The summed E-state index contributed by atoms with van der Waals surface area (Å²) < 4.78 is 9.81. The number of nitrogens with zero attached hydrogens (tertiary/aromatic N) is 1. The first kappa shape index (κ1) is 24.8. The van der Waals surface area contributed by atoms with Crippen molar-refractivity contribution in [3.8, 4) is 0 Å². The van der Waals surface area contributed by atoms with E-state index in [9.17, 15) is 14.4 Å². The number of nitrogens with one attached hydrogen (secondary N) is 2. The minimum absolute atomic E-state index is 0.0183. The molecular weight excluding hydrogens is 416 g/mol. The average Bonchev–Trinajstić information content (AvgIpc) is 3.24. The lowest BCUT2D eigenvalue weighted by atomic mass is 10.0. The number of unbranched alkanes of at least 4 members (excludes halogenated alkanes) is 1. The van der Waals surface area contributed by atoms with Crippen molar-refractivity contribution in [2.24, 2.45) is 16.8 Å². The summed E-state index contributed by atoms with van der Waals surface area (Å²) in [5, 5.41) is 14.1. The van der Waals surface area contributed by atoms with Crippen molar-refractivity contribution in [1.29, 1.82) is 5.41 Å². The largest absolute Gasteiger partial charge is 0.469 e. The van der Waals surface area contributed by atoms with Crippen LogP contribution in [0.1, 0.15) is 50.2 Å². The predicted molar refractivity (Wildman–Crippen MR) is 117 cm³/mol. The van der Waals surface area contributed by atoms with Gasteiger partial charge in [0, 0.05) is 18.5 Å². The first-order valence-electron chi connectivity index (χ1n) is 10.5. The number of nitrogen functional groups attached to an aromatic ring is 1. The first-order chi connectivity index (χ1) is 15.3. The van der Waals surface area contributed by atoms with Crippen molar-refractivity contribution in [3.63, 3.8) is 0 Å². The molecule has 0 fully saturated rings. The molecule has 0 saturated carbocycles. The van der Waals surface area contributed by atoms with Crippen LogP contribution in [-0.4, -0.2) is 55.8 Å². The molecule has 0 spiro atoms. The molecule has 2 atom stereocenters. The van der Waals surface area contributed by atoms with Gasteiger partial charge in [0.25, 0.3) is 0 Å². The number of nitrogens with two attached hydrogens (primary N) is 1. The van der Waals surface area contributed by atoms with Gasteiger partial charge in [-0.1, -0.05) is 42.8 Å². The molecule has 0 saturated heterocycles. The Balaban J connectivity index is 1.80. The van der Waals surface area contributed by atoms with Crippen molar-refractivity contribution in [3.05, 3.63) is 35.4 Å². The van der Waals surface area contributed by atoms with Crippen LogP contribution in [0.2, 0.25) is 0 Å². The molecule has 174 valence electrons. The quantitative estimate of drug-likeness (QED) is 0.190. The number of amidine groups is 1. The Morgan fingerprint density at radius 3 is 2.66 bits per heavy atom. The topological polar surface area (TPSA) is 153 Å². The Morgan fingerprint density at radius 1 is 1.31 bits per heavy atom. The molecule has 2 rings (SSSR count). The summed E-state index contributed by atoms with van der Waals surface area (Å²) in [4.78, 5) is 41.5. The Hall–Kier alpha value is -3.43. The summed E-state index contributed by atoms with van der Waals surface area (Å²) in [5.41, 5.74) is 7.58. The second-order valence-electron chi connectivity index (χ2n) is 7.47. The third kappa shape index (κ3) is 7.68. The molecule has 32 heavy (non-hydrogen) atoms. The van der Waals surface area contributed by atoms with E-state index in [1.54, 1.807) is 24.3 Å². The Labute approximate surface area is 187 Å². The van der Waals surface area contributed by atoms with Crippen LogP contribution < -0.4 is 11.1 Å². The average molecular weight is 447 g/mol. The van der Waals surface area contributed by atoms with Crippen LogP contribution in [0.5, 0.6) is 0 Å². The molecule has 0 radical (unpaired) electrons. The van der Waals surface area contributed by atoms with E-state index < -0.39 is 24.0 Å². The first-order valence-corrected chi connectivity index (χ1v) is 10.5. The van der Waals surface area contributed by atoms with Gasteiger partial charge in [0.15, 0.2) is 0 Å². The smallest absolute Gasteiger partial charge is 0.311 e. The lowest BCUT2D eigenvalue weighted by molar-refractivity contribution is -0.153. The monoisotopic (exact) mass is 446 g/mol. The molecule has 0 bridgehead atoms.